The van der Waals surface area contributed by atoms with Crippen LogP contribution in [0.4, 0.5) is 4.39 Å². The van der Waals surface area contributed by atoms with Crippen molar-refractivity contribution in [3.05, 3.63) is 99.8 Å². The van der Waals surface area contributed by atoms with Gasteiger partial charge in [-0.25, -0.2) is 4.39 Å². The van der Waals surface area contributed by atoms with Gasteiger partial charge in [0.1, 0.15) is 23.7 Å². The van der Waals surface area contributed by atoms with Crippen LogP contribution in [0.3, 0.4) is 0 Å². The van der Waals surface area contributed by atoms with Crippen molar-refractivity contribution in [2.75, 3.05) is 13.1 Å². The first-order valence-corrected chi connectivity index (χ1v) is 12.4. The second-order valence-electron chi connectivity index (χ2n) is 9.56. The Morgan fingerprint density at radius 1 is 1.00 bits per heavy atom. The molecule has 36 heavy (non-hydrogen) atoms. The number of carboxylic acid groups (broad SMARTS) is 1. The van der Waals surface area contributed by atoms with E-state index in [0.717, 1.165) is 40.8 Å². The molecular formula is C29H29ClFNO4. The van der Waals surface area contributed by atoms with Crippen LogP contribution in [-0.2, 0) is 35.3 Å². The second kappa shape index (κ2) is 11.1. The molecule has 1 aliphatic rings. The van der Waals surface area contributed by atoms with Gasteiger partial charge in [-0.05, 0) is 72.4 Å². The van der Waals surface area contributed by atoms with Crippen molar-refractivity contribution >= 4 is 23.5 Å². The Hall–Kier alpha value is -3.38. The predicted molar refractivity (Wildman–Crippen MR) is 137 cm³/mol. The second-order valence-corrected chi connectivity index (χ2v) is 10.00. The number of carbonyl (C=O) groups excluding carboxylic acids is 1. The SMILES string of the molecule is CC1(Cc2ccc(Cl)cc2)Cc2cc(CCC(=O)N(CCc3ccc(F)cc3)CC(=O)O)ccc2O1. The van der Waals surface area contributed by atoms with E-state index in [1.54, 1.807) is 12.1 Å². The minimum absolute atomic E-state index is 0.207. The lowest BCUT2D eigenvalue weighted by Gasteiger charge is -2.24. The van der Waals surface area contributed by atoms with Crippen molar-refractivity contribution in [2.24, 2.45) is 0 Å². The third-order valence-corrected chi connectivity index (χ3v) is 6.68. The average molecular weight is 510 g/mol. The molecule has 0 saturated carbocycles. The quantitative estimate of drug-likeness (QED) is 0.391. The lowest BCUT2D eigenvalue weighted by Crippen LogP contribution is -2.37. The van der Waals surface area contributed by atoms with Gasteiger partial charge < -0.3 is 14.7 Å². The molecule has 0 aliphatic carbocycles. The first kappa shape index (κ1) is 25.7. The number of hydrogen-bond donors (Lipinski definition) is 1. The van der Waals surface area contributed by atoms with E-state index in [4.69, 9.17) is 16.3 Å². The van der Waals surface area contributed by atoms with Crippen molar-refractivity contribution < 1.29 is 23.8 Å². The summed E-state index contributed by atoms with van der Waals surface area (Å²) in [7, 11) is 0. The Labute approximate surface area is 215 Å². The fraction of sp³-hybridized carbons (Fsp3) is 0.310. The number of carboxylic acids is 1. The van der Waals surface area contributed by atoms with Crippen LogP contribution in [0.15, 0.2) is 66.7 Å². The van der Waals surface area contributed by atoms with Crippen molar-refractivity contribution in [1.82, 2.24) is 4.90 Å². The van der Waals surface area contributed by atoms with Crippen molar-refractivity contribution in [2.45, 2.75) is 44.6 Å². The summed E-state index contributed by atoms with van der Waals surface area (Å²) in [5.41, 5.74) is 3.76. The number of carbonyl (C=O) groups is 2. The monoisotopic (exact) mass is 509 g/mol. The Kier molecular flexibility index (Phi) is 7.94. The van der Waals surface area contributed by atoms with Crippen LogP contribution in [-0.4, -0.2) is 40.6 Å². The minimum atomic E-state index is -1.06. The fourth-order valence-electron chi connectivity index (χ4n) is 4.64. The number of hydrogen-bond acceptors (Lipinski definition) is 3. The van der Waals surface area contributed by atoms with Gasteiger partial charge in [-0.1, -0.05) is 48.0 Å². The van der Waals surface area contributed by atoms with Crippen molar-refractivity contribution in [1.29, 1.82) is 0 Å². The molecule has 4 rings (SSSR count). The Morgan fingerprint density at radius 2 is 1.67 bits per heavy atom. The van der Waals surface area contributed by atoms with Gasteiger partial charge in [-0.2, -0.15) is 0 Å². The number of aryl methyl sites for hydroxylation is 1. The zero-order chi connectivity index (χ0) is 25.7. The third kappa shape index (κ3) is 6.85. The molecule has 0 bridgehead atoms. The van der Waals surface area contributed by atoms with Gasteiger partial charge in [-0.3, -0.25) is 9.59 Å². The predicted octanol–water partition coefficient (Wildman–Crippen LogP) is 5.50. The molecular weight excluding hydrogens is 481 g/mol. The molecule has 7 heteroatoms. The highest BCUT2D eigenvalue weighted by molar-refractivity contribution is 6.30. The molecule has 0 saturated heterocycles. The standard InChI is InChI=1S/C29H29ClFNO4/c1-29(17-22-2-8-24(30)9-3-22)18-23-16-21(6-12-26(23)36-29)7-13-27(33)32(19-28(34)35)15-14-20-4-10-25(31)11-5-20/h2-6,8-12,16H,7,13-15,17-19H2,1H3,(H,34,35). The first-order valence-electron chi connectivity index (χ1n) is 12.0. The number of aliphatic carboxylic acids is 1. The van der Waals surface area contributed by atoms with Crippen LogP contribution in [0, 0.1) is 5.82 Å². The van der Waals surface area contributed by atoms with Crippen LogP contribution in [0.25, 0.3) is 0 Å². The van der Waals surface area contributed by atoms with Crippen LogP contribution < -0.4 is 4.74 Å². The topological polar surface area (TPSA) is 66.8 Å². The van der Waals surface area contributed by atoms with E-state index in [0.29, 0.717) is 17.9 Å². The first-order chi connectivity index (χ1) is 17.2. The Balaban J connectivity index is 1.35. The number of benzene rings is 3. The van der Waals surface area contributed by atoms with Gasteiger partial charge in [0.2, 0.25) is 5.91 Å². The summed E-state index contributed by atoms with van der Waals surface area (Å²) in [5, 5.41) is 9.97. The van der Waals surface area contributed by atoms with Gasteiger partial charge in [0.15, 0.2) is 0 Å². The zero-order valence-electron chi connectivity index (χ0n) is 20.2. The molecule has 3 aromatic rings. The van der Waals surface area contributed by atoms with Gasteiger partial charge in [0, 0.05) is 30.8 Å². The van der Waals surface area contributed by atoms with E-state index < -0.39 is 5.97 Å². The van der Waals surface area contributed by atoms with Crippen molar-refractivity contribution in [3.63, 3.8) is 0 Å². The van der Waals surface area contributed by atoms with Crippen LogP contribution in [0.2, 0.25) is 5.02 Å². The highest BCUT2D eigenvalue weighted by Gasteiger charge is 2.35. The van der Waals surface area contributed by atoms with Crippen LogP contribution in [0.5, 0.6) is 5.75 Å². The maximum atomic E-state index is 13.1. The van der Waals surface area contributed by atoms with E-state index in [-0.39, 0.29) is 36.8 Å². The third-order valence-electron chi connectivity index (χ3n) is 6.43. The van der Waals surface area contributed by atoms with E-state index in [1.165, 1.54) is 17.0 Å². The molecule has 1 aliphatic heterocycles. The number of fused-ring (bicyclic) bond motifs is 1. The molecule has 0 radical (unpaired) electrons. The number of nitrogens with zero attached hydrogens (tertiary/aromatic N) is 1. The number of amides is 1. The molecule has 1 unspecified atom stereocenters. The largest absolute Gasteiger partial charge is 0.487 e. The lowest BCUT2D eigenvalue weighted by molar-refractivity contribution is -0.144. The smallest absolute Gasteiger partial charge is 0.323 e. The minimum Gasteiger partial charge on any atom is -0.487 e. The van der Waals surface area contributed by atoms with Crippen LogP contribution >= 0.6 is 11.6 Å². The summed E-state index contributed by atoms with van der Waals surface area (Å²) >= 11 is 6.00. The molecule has 0 spiro atoms. The highest BCUT2D eigenvalue weighted by Crippen LogP contribution is 2.37. The van der Waals surface area contributed by atoms with Crippen LogP contribution in [0.1, 0.15) is 35.6 Å². The van der Waals surface area contributed by atoms with Crippen molar-refractivity contribution in [3.8, 4) is 5.75 Å². The van der Waals surface area contributed by atoms with Gasteiger partial charge in [0.05, 0.1) is 0 Å². The maximum Gasteiger partial charge on any atom is 0.323 e. The number of rotatable bonds is 10. The Bertz CT molecular complexity index is 1230. The molecule has 0 aromatic heterocycles. The summed E-state index contributed by atoms with van der Waals surface area (Å²) < 4.78 is 19.4. The normalized spacial score (nSPS) is 16.3. The van der Waals surface area contributed by atoms with E-state index in [2.05, 4.69) is 13.0 Å². The van der Waals surface area contributed by atoms with Gasteiger partial charge >= 0.3 is 5.97 Å². The summed E-state index contributed by atoms with van der Waals surface area (Å²) in [4.78, 5) is 25.5. The maximum absolute atomic E-state index is 13.1. The Morgan fingerprint density at radius 3 is 2.36 bits per heavy atom. The number of halogens is 2. The summed E-state index contributed by atoms with van der Waals surface area (Å²) in [6, 6.07) is 19.8. The number of ether oxygens (including phenoxy) is 1. The van der Waals surface area contributed by atoms with E-state index >= 15 is 0 Å². The molecule has 188 valence electrons. The van der Waals surface area contributed by atoms with E-state index in [1.807, 2.05) is 36.4 Å². The zero-order valence-corrected chi connectivity index (χ0v) is 20.9. The van der Waals surface area contributed by atoms with Gasteiger partial charge in [0.25, 0.3) is 0 Å². The molecule has 1 amide bonds. The summed E-state index contributed by atoms with van der Waals surface area (Å²) in [6.45, 7) is 1.99. The molecule has 3 aromatic carbocycles. The lowest BCUT2D eigenvalue weighted by atomic mass is 9.91. The molecule has 5 nitrogen and oxygen atoms in total. The van der Waals surface area contributed by atoms with Gasteiger partial charge in [-0.15, -0.1) is 0 Å². The summed E-state index contributed by atoms with van der Waals surface area (Å²) in [6.07, 6.45) is 2.69. The molecule has 0 fully saturated rings. The van der Waals surface area contributed by atoms with E-state index in [9.17, 15) is 19.1 Å². The average Bonchev–Trinajstić information content (AvgIpc) is 3.17. The summed E-state index contributed by atoms with van der Waals surface area (Å²) in [5.74, 6) is -0.753. The molecule has 1 N–H and O–H groups in total. The highest BCUT2D eigenvalue weighted by atomic mass is 35.5. The molecule has 1 atom stereocenters. The molecule has 1 heterocycles. The fourth-order valence-corrected chi connectivity index (χ4v) is 4.77.